The van der Waals surface area contributed by atoms with Crippen LogP contribution >= 0.6 is 0 Å². The van der Waals surface area contributed by atoms with E-state index in [-0.39, 0.29) is 12.2 Å². The van der Waals surface area contributed by atoms with Crippen LogP contribution in [0.15, 0.2) is 0 Å². The molecule has 3 N–H and O–H groups in total. The lowest BCUT2D eigenvalue weighted by atomic mass is 10.1. The standard InChI is InChI=1S/C6H14O2.C5H10O3/c1-5(7)3-4-6(2)8;1-3-8-5(7)4(2)6/h5-8H,3-4H2,1-2H3;4,6H,3H2,1-2H3. The van der Waals surface area contributed by atoms with E-state index < -0.39 is 12.1 Å². The fraction of sp³-hybridized carbons (Fsp3) is 0.909. The predicted octanol–water partition coefficient (Wildman–Crippen LogP) is 0.458. The summed E-state index contributed by atoms with van der Waals surface area (Å²) in [6.45, 7) is 6.84. The molecule has 5 nitrogen and oxygen atoms in total. The Bertz CT molecular complexity index is 158. The van der Waals surface area contributed by atoms with Crippen LogP contribution in [-0.2, 0) is 9.53 Å². The first-order chi connectivity index (χ1) is 7.31. The van der Waals surface area contributed by atoms with Crippen molar-refractivity contribution >= 4 is 5.97 Å². The van der Waals surface area contributed by atoms with Crippen LogP contribution in [0.2, 0.25) is 0 Å². The second kappa shape index (κ2) is 10.9. The zero-order valence-electron chi connectivity index (χ0n) is 10.5. The van der Waals surface area contributed by atoms with Crippen molar-refractivity contribution in [3.8, 4) is 0 Å². The van der Waals surface area contributed by atoms with Crippen molar-refractivity contribution < 1.29 is 24.9 Å². The SMILES string of the molecule is CC(O)CCC(C)O.CCOC(=O)C(C)O. The first-order valence-electron chi connectivity index (χ1n) is 5.52. The van der Waals surface area contributed by atoms with E-state index in [2.05, 4.69) is 4.74 Å². The molecule has 0 aromatic carbocycles. The number of hydrogen-bond donors (Lipinski definition) is 3. The van der Waals surface area contributed by atoms with Gasteiger partial charge >= 0.3 is 5.97 Å². The Morgan fingerprint density at radius 2 is 1.44 bits per heavy atom. The summed E-state index contributed by atoms with van der Waals surface area (Å²) in [5.74, 6) is -0.562. The van der Waals surface area contributed by atoms with Gasteiger partial charge in [-0.05, 0) is 40.5 Å². The van der Waals surface area contributed by atoms with Gasteiger partial charge < -0.3 is 20.1 Å². The van der Waals surface area contributed by atoms with Crippen LogP contribution in [0.25, 0.3) is 0 Å². The van der Waals surface area contributed by atoms with Crippen LogP contribution in [0.4, 0.5) is 0 Å². The van der Waals surface area contributed by atoms with Crippen LogP contribution in [0.3, 0.4) is 0 Å². The van der Waals surface area contributed by atoms with Crippen molar-refractivity contribution in [1.29, 1.82) is 0 Å². The number of rotatable bonds is 5. The third-order valence-electron chi connectivity index (χ3n) is 1.63. The summed E-state index contributed by atoms with van der Waals surface area (Å²) in [5.41, 5.74) is 0. The molecule has 0 aromatic heterocycles. The molecule has 0 rings (SSSR count). The van der Waals surface area contributed by atoms with E-state index in [0.717, 1.165) is 0 Å². The molecule has 0 saturated heterocycles. The molecule has 0 amide bonds. The maximum Gasteiger partial charge on any atom is 0.334 e. The molecule has 0 saturated carbocycles. The Kier molecular flexibility index (Phi) is 12.0. The number of carbonyl (C=O) groups excluding carboxylic acids is 1. The monoisotopic (exact) mass is 236 g/mol. The summed E-state index contributed by atoms with van der Waals surface area (Å²) in [5, 5.41) is 25.9. The summed E-state index contributed by atoms with van der Waals surface area (Å²) in [7, 11) is 0. The average molecular weight is 236 g/mol. The van der Waals surface area contributed by atoms with Crippen molar-refractivity contribution in [2.75, 3.05) is 6.61 Å². The van der Waals surface area contributed by atoms with E-state index in [9.17, 15) is 4.79 Å². The molecular weight excluding hydrogens is 212 g/mol. The fourth-order valence-corrected chi connectivity index (χ4v) is 0.745. The van der Waals surface area contributed by atoms with E-state index >= 15 is 0 Å². The topological polar surface area (TPSA) is 87.0 Å². The van der Waals surface area contributed by atoms with E-state index in [4.69, 9.17) is 15.3 Å². The summed E-state index contributed by atoms with van der Waals surface area (Å²) in [4.78, 5) is 10.3. The predicted molar refractivity (Wildman–Crippen MR) is 60.9 cm³/mol. The Hall–Kier alpha value is -0.650. The first-order valence-corrected chi connectivity index (χ1v) is 5.52. The lowest BCUT2D eigenvalue weighted by Crippen LogP contribution is -2.18. The van der Waals surface area contributed by atoms with Gasteiger partial charge in [0.15, 0.2) is 0 Å². The third kappa shape index (κ3) is 15.8. The molecule has 0 aliphatic heterocycles. The number of hydrogen-bond acceptors (Lipinski definition) is 5. The Labute approximate surface area is 97.1 Å². The second-order valence-corrected chi connectivity index (χ2v) is 3.70. The molecule has 0 heterocycles. The van der Waals surface area contributed by atoms with Crippen molar-refractivity contribution in [3.05, 3.63) is 0 Å². The minimum Gasteiger partial charge on any atom is -0.464 e. The van der Waals surface area contributed by atoms with Crippen molar-refractivity contribution in [2.24, 2.45) is 0 Å². The minimum absolute atomic E-state index is 0.274. The maximum absolute atomic E-state index is 10.3. The molecule has 0 aliphatic rings. The molecule has 0 bridgehead atoms. The molecule has 0 spiro atoms. The summed E-state index contributed by atoms with van der Waals surface area (Å²) >= 11 is 0. The van der Waals surface area contributed by atoms with Gasteiger partial charge in [-0.1, -0.05) is 0 Å². The molecule has 0 aromatic rings. The zero-order chi connectivity index (χ0) is 13.1. The Morgan fingerprint density at radius 3 is 1.56 bits per heavy atom. The highest BCUT2D eigenvalue weighted by molar-refractivity contribution is 5.73. The maximum atomic E-state index is 10.3. The molecule has 0 fully saturated rings. The molecule has 3 unspecified atom stereocenters. The van der Waals surface area contributed by atoms with Gasteiger partial charge in [0.2, 0.25) is 0 Å². The van der Waals surface area contributed by atoms with Crippen molar-refractivity contribution in [2.45, 2.75) is 58.8 Å². The van der Waals surface area contributed by atoms with Crippen molar-refractivity contribution in [1.82, 2.24) is 0 Å². The lowest BCUT2D eigenvalue weighted by molar-refractivity contribution is -0.151. The second-order valence-electron chi connectivity index (χ2n) is 3.70. The van der Waals surface area contributed by atoms with Gasteiger partial charge in [0.25, 0.3) is 0 Å². The molecule has 5 heteroatoms. The highest BCUT2D eigenvalue weighted by atomic mass is 16.5. The highest BCUT2D eigenvalue weighted by Crippen LogP contribution is 1.98. The largest absolute Gasteiger partial charge is 0.464 e. The van der Waals surface area contributed by atoms with Gasteiger partial charge in [0.05, 0.1) is 18.8 Å². The number of esters is 1. The van der Waals surface area contributed by atoms with Gasteiger partial charge in [-0.3, -0.25) is 0 Å². The smallest absolute Gasteiger partial charge is 0.334 e. The summed E-state index contributed by atoms with van der Waals surface area (Å²) < 4.78 is 4.41. The van der Waals surface area contributed by atoms with Crippen LogP contribution in [0.5, 0.6) is 0 Å². The molecule has 0 aliphatic carbocycles. The zero-order valence-corrected chi connectivity index (χ0v) is 10.5. The normalized spacial score (nSPS) is 15.4. The highest BCUT2D eigenvalue weighted by Gasteiger charge is 2.07. The van der Waals surface area contributed by atoms with Gasteiger partial charge in [-0.15, -0.1) is 0 Å². The number of carbonyl (C=O) groups is 1. The molecule has 0 radical (unpaired) electrons. The van der Waals surface area contributed by atoms with Gasteiger partial charge in [0.1, 0.15) is 6.10 Å². The molecule has 16 heavy (non-hydrogen) atoms. The fourth-order valence-electron chi connectivity index (χ4n) is 0.745. The lowest BCUT2D eigenvalue weighted by Gasteiger charge is -2.04. The van der Waals surface area contributed by atoms with E-state index in [1.165, 1.54) is 6.92 Å². The molecule has 3 atom stereocenters. The average Bonchev–Trinajstić information content (AvgIpc) is 2.16. The summed E-state index contributed by atoms with van der Waals surface area (Å²) in [6.07, 6.45) is -0.154. The van der Waals surface area contributed by atoms with Crippen LogP contribution in [0.1, 0.15) is 40.5 Å². The van der Waals surface area contributed by atoms with Gasteiger partial charge in [-0.25, -0.2) is 4.79 Å². The van der Waals surface area contributed by atoms with Crippen molar-refractivity contribution in [3.63, 3.8) is 0 Å². The summed E-state index contributed by atoms with van der Waals surface area (Å²) in [6, 6.07) is 0. The van der Waals surface area contributed by atoms with E-state index in [1.807, 2.05) is 0 Å². The van der Waals surface area contributed by atoms with Crippen LogP contribution in [0, 0.1) is 0 Å². The molecular formula is C11H24O5. The Morgan fingerprint density at radius 1 is 1.06 bits per heavy atom. The Balaban J connectivity index is 0. The third-order valence-corrected chi connectivity index (χ3v) is 1.63. The van der Waals surface area contributed by atoms with Crippen LogP contribution < -0.4 is 0 Å². The van der Waals surface area contributed by atoms with Gasteiger partial charge in [-0.2, -0.15) is 0 Å². The number of aliphatic hydroxyl groups excluding tert-OH is 3. The number of ether oxygens (including phenoxy) is 1. The van der Waals surface area contributed by atoms with Gasteiger partial charge in [0, 0.05) is 0 Å². The first kappa shape index (κ1) is 17.7. The minimum atomic E-state index is -0.991. The van der Waals surface area contributed by atoms with Crippen LogP contribution in [-0.4, -0.2) is 46.2 Å². The van der Waals surface area contributed by atoms with E-state index in [1.54, 1.807) is 20.8 Å². The number of aliphatic hydroxyl groups is 3. The van der Waals surface area contributed by atoms with E-state index in [0.29, 0.717) is 19.4 Å². The quantitative estimate of drug-likeness (QED) is 0.604. The molecule has 98 valence electrons.